The van der Waals surface area contributed by atoms with Crippen LogP contribution in [0.4, 0.5) is 0 Å². The molecule has 1 aromatic carbocycles. The van der Waals surface area contributed by atoms with E-state index in [0.29, 0.717) is 28.5 Å². The number of hydrogen-bond donors (Lipinski definition) is 1. The molecule has 19 heavy (non-hydrogen) atoms. The van der Waals surface area contributed by atoms with Crippen LogP contribution in [0.5, 0.6) is 0 Å². The molecule has 1 atom stereocenters. The monoisotopic (exact) mass is 302 g/mol. The number of ether oxygens (including phenoxy) is 1. The van der Waals surface area contributed by atoms with E-state index in [-0.39, 0.29) is 6.10 Å². The van der Waals surface area contributed by atoms with E-state index in [1.54, 1.807) is 12.1 Å². The van der Waals surface area contributed by atoms with Gasteiger partial charge in [0.05, 0.1) is 12.2 Å². The van der Waals surface area contributed by atoms with Gasteiger partial charge in [-0.05, 0) is 62.3 Å². The van der Waals surface area contributed by atoms with Crippen molar-refractivity contribution in [3.05, 3.63) is 33.8 Å². The third-order valence-corrected chi connectivity index (χ3v) is 4.27. The van der Waals surface area contributed by atoms with E-state index in [4.69, 9.17) is 27.9 Å². The summed E-state index contributed by atoms with van der Waals surface area (Å²) in [5.74, 6) is 0.574. The molecule has 0 aliphatic heterocycles. The van der Waals surface area contributed by atoms with Crippen molar-refractivity contribution in [3.63, 3.8) is 0 Å². The summed E-state index contributed by atoms with van der Waals surface area (Å²) in [6.45, 7) is 2.79. The van der Waals surface area contributed by atoms with Crippen LogP contribution in [-0.4, -0.2) is 23.9 Å². The third-order valence-electron chi connectivity index (χ3n) is 3.66. The van der Waals surface area contributed by atoms with Gasteiger partial charge in [0.2, 0.25) is 0 Å². The quantitative estimate of drug-likeness (QED) is 0.857. The average molecular weight is 303 g/mol. The molecular weight excluding hydrogens is 283 g/mol. The molecule has 1 aliphatic rings. The molecule has 0 saturated heterocycles. The first-order valence-electron chi connectivity index (χ1n) is 6.82. The van der Waals surface area contributed by atoms with Gasteiger partial charge >= 0.3 is 0 Å². The van der Waals surface area contributed by atoms with Crippen LogP contribution in [-0.2, 0) is 11.2 Å². The van der Waals surface area contributed by atoms with Crippen molar-refractivity contribution < 1.29 is 9.84 Å². The van der Waals surface area contributed by atoms with Crippen molar-refractivity contribution in [2.75, 3.05) is 6.61 Å². The summed E-state index contributed by atoms with van der Waals surface area (Å²) < 4.78 is 5.52. The Morgan fingerprint density at radius 3 is 2.79 bits per heavy atom. The van der Waals surface area contributed by atoms with E-state index in [0.717, 1.165) is 31.4 Å². The molecular formula is C15H20Cl2O2. The van der Waals surface area contributed by atoms with Crippen molar-refractivity contribution >= 4 is 23.2 Å². The maximum Gasteiger partial charge on any atom is 0.0583 e. The Kier molecular flexibility index (Phi) is 5.52. The second kappa shape index (κ2) is 6.94. The lowest BCUT2D eigenvalue weighted by atomic mass is 9.78. The first kappa shape index (κ1) is 15.1. The normalized spacial score (nSPS) is 24.0. The number of aliphatic hydroxyl groups is 1. The van der Waals surface area contributed by atoms with Crippen LogP contribution in [0.2, 0.25) is 10.0 Å². The van der Waals surface area contributed by atoms with Gasteiger partial charge in [-0.3, -0.25) is 0 Å². The van der Waals surface area contributed by atoms with Crippen molar-refractivity contribution in [2.45, 2.75) is 44.8 Å². The summed E-state index contributed by atoms with van der Waals surface area (Å²) in [5, 5.41) is 11.5. The molecule has 0 aromatic heterocycles. The molecule has 1 unspecified atom stereocenters. The Balaban J connectivity index is 1.79. The highest BCUT2D eigenvalue weighted by Gasteiger charge is 2.31. The van der Waals surface area contributed by atoms with Crippen LogP contribution in [0.1, 0.15) is 31.7 Å². The van der Waals surface area contributed by atoms with Crippen LogP contribution in [0.15, 0.2) is 18.2 Å². The first-order valence-corrected chi connectivity index (χ1v) is 7.57. The smallest absolute Gasteiger partial charge is 0.0583 e. The number of halogens is 2. The van der Waals surface area contributed by atoms with Gasteiger partial charge in [0.25, 0.3) is 0 Å². The van der Waals surface area contributed by atoms with Gasteiger partial charge in [0, 0.05) is 16.7 Å². The number of hydrogen-bond acceptors (Lipinski definition) is 2. The highest BCUT2D eigenvalue weighted by atomic mass is 35.5. The Bertz CT molecular complexity index is 417. The fourth-order valence-electron chi connectivity index (χ4n) is 2.66. The standard InChI is InChI=1S/C15H20Cl2O2/c1-2-19-14-6-10(7-14)5-13(18)9-11-8-12(16)3-4-15(11)17/h3-4,8,10,13-14,18H,2,5-7,9H2,1H3. The fraction of sp³-hybridized carbons (Fsp3) is 0.600. The van der Waals surface area contributed by atoms with Gasteiger partial charge in [0.15, 0.2) is 0 Å². The van der Waals surface area contributed by atoms with Crippen LogP contribution in [0, 0.1) is 5.92 Å². The van der Waals surface area contributed by atoms with E-state index < -0.39 is 0 Å². The molecule has 0 spiro atoms. The largest absolute Gasteiger partial charge is 0.393 e. The molecule has 1 N–H and O–H groups in total. The maximum absolute atomic E-state index is 10.1. The minimum Gasteiger partial charge on any atom is -0.393 e. The zero-order chi connectivity index (χ0) is 13.8. The van der Waals surface area contributed by atoms with Crippen LogP contribution < -0.4 is 0 Å². The maximum atomic E-state index is 10.1. The molecule has 0 bridgehead atoms. The first-order chi connectivity index (χ1) is 9.08. The van der Waals surface area contributed by atoms with E-state index in [1.165, 1.54) is 0 Å². The van der Waals surface area contributed by atoms with Gasteiger partial charge in [0.1, 0.15) is 0 Å². The average Bonchev–Trinajstić information content (AvgIpc) is 2.31. The summed E-state index contributed by atoms with van der Waals surface area (Å²) >= 11 is 12.0. The Morgan fingerprint density at radius 1 is 1.37 bits per heavy atom. The van der Waals surface area contributed by atoms with Gasteiger partial charge < -0.3 is 9.84 Å². The van der Waals surface area contributed by atoms with Crippen LogP contribution in [0.3, 0.4) is 0 Å². The molecule has 1 aromatic rings. The molecule has 4 heteroatoms. The Morgan fingerprint density at radius 2 is 2.11 bits per heavy atom. The van der Waals surface area contributed by atoms with Crippen molar-refractivity contribution in [1.29, 1.82) is 0 Å². The second-order valence-corrected chi connectivity index (χ2v) is 6.09. The van der Waals surface area contributed by atoms with E-state index in [1.807, 2.05) is 13.0 Å². The highest BCUT2D eigenvalue weighted by Crippen LogP contribution is 2.34. The summed E-state index contributed by atoms with van der Waals surface area (Å²) in [5.41, 5.74) is 0.919. The van der Waals surface area contributed by atoms with Crippen LogP contribution in [0.25, 0.3) is 0 Å². The summed E-state index contributed by atoms with van der Waals surface area (Å²) in [6, 6.07) is 5.37. The van der Waals surface area contributed by atoms with Crippen molar-refractivity contribution in [3.8, 4) is 0 Å². The van der Waals surface area contributed by atoms with E-state index in [2.05, 4.69) is 0 Å². The van der Waals surface area contributed by atoms with Crippen LogP contribution >= 0.6 is 23.2 Å². The number of rotatable bonds is 6. The minimum absolute atomic E-state index is 0.358. The number of benzene rings is 1. The molecule has 1 aliphatic carbocycles. The van der Waals surface area contributed by atoms with Gasteiger partial charge in [-0.15, -0.1) is 0 Å². The third kappa shape index (κ3) is 4.35. The lowest BCUT2D eigenvalue weighted by molar-refractivity contribution is -0.0375. The fourth-order valence-corrected chi connectivity index (χ4v) is 3.05. The topological polar surface area (TPSA) is 29.5 Å². The minimum atomic E-state index is -0.358. The molecule has 0 radical (unpaired) electrons. The van der Waals surface area contributed by atoms with E-state index >= 15 is 0 Å². The zero-order valence-corrected chi connectivity index (χ0v) is 12.6. The van der Waals surface area contributed by atoms with Crippen molar-refractivity contribution in [2.24, 2.45) is 5.92 Å². The van der Waals surface area contributed by atoms with Gasteiger partial charge in [-0.2, -0.15) is 0 Å². The molecule has 1 saturated carbocycles. The zero-order valence-electron chi connectivity index (χ0n) is 11.1. The molecule has 0 amide bonds. The summed E-state index contributed by atoms with van der Waals surface area (Å²) in [4.78, 5) is 0. The Labute approximate surface area is 124 Å². The highest BCUT2D eigenvalue weighted by molar-refractivity contribution is 6.33. The lowest BCUT2D eigenvalue weighted by Gasteiger charge is -2.36. The number of aliphatic hydroxyl groups excluding tert-OH is 1. The second-order valence-electron chi connectivity index (χ2n) is 5.24. The Hall–Kier alpha value is -0.280. The molecule has 2 rings (SSSR count). The SMILES string of the molecule is CCOC1CC(CC(O)Cc2cc(Cl)ccc2Cl)C1. The molecule has 0 heterocycles. The molecule has 1 fully saturated rings. The predicted octanol–water partition coefficient (Wildman–Crippen LogP) is 4.10. The molecule has 106 valence electrons. The summed E-state index contributed by atoms with van der Waals surface area (Å²) in [7, 11) is 0. The summed E-state index contributed by atoms with van der Waals surface area (Å²) in [6.07, 6.45) is 3.55. The van der Waals surface area contributed by atoms with Gasteiger partial charge in [-0.25, -0.2) is 0 Å². The van der Waals surface area contributed by atoms with Gasteiger partial charge in [-0.1, -0.05) is 23.2 Å². The molecule has 2 nitrogen and oxygen atoms in total. The van der Waals surface area contributed by atoms with Crippen molar-refractivity contribution in [1.82, 2.24) is 0 Å². The lowest BCUT2D eigenvalue weighted by Crippen LogP contribution is -2.34. The van der Waals surface area contributed by atoms with E-state index in [9.17, 15) is 5.11 Å². The predicted molar refractivity (Wildman–Crippen MR) is 78.9 cm³/mol.